The van der Waals surface area contributed by atoms with E-state index in [1.807, 2.05) is 0 Å². The fourth-order valence-corrected chi connectivity index (χ4v) is 1.82. The first-order valence-corrected chi connectivity index (χ1v) is 5.59. The molecule has 0 aromatic heterocycles. The Bertz CT molecular complexity index is 544. The molecule has 0 N–H and O–H groups in total. The topological polar surface area (TPSA) is 69.7 Å². The average molecular weight is 288 g/mol. The number of anilines is 1. The highest BCUT2D eigenvalue weighted by Crippen LogP contribution is 2.32. The van der Waals surface area contributed by atoms with Gasteiger partial charge in [0.05, 0.1) is 5.56 Å². The molecule has 1 atom stereocenters. The van der Waals surface area contributed by atoms with E-state index < -0.39 is 36.1 Å². The van der Waals surface area contributed by atoms with Gasteiger partial charge in [-0.25, -0.2) is 0 Å². The first-order chi connectivity index (χ1) is 9.29. The summed E-state index contributed by atoms with van der Waals surface area (Å²) in [4.78, 5) is 23.2. The van der Waals surface area contributed by atoms with Crippen LogP contribution in [0.1, 0.15) is 12.0 Å². The molecule has 0 aliphatic carbocycles. The van der Waals surface area contributed by atoms with Crippen molar-refractivity contribution in [2.24, 2.45) is 0 Å². The van der Waals surface area contributed by atoms with Crippen LogP contribution in [-0.2, 0) is 20.5 Å². The molecule has 1 unspecified atom stereocenters. The van der Waals surface area contributed by atoms with Crippen molar-refractivity contribution in [1.29, 1.82) is 0 Å². The molecule has 2 rings (SSSR count). The first kappa shape index (κ1) is 14.3. The van der Waals surface area contributed by atoms with Gasteiger partial charge in [0.2, 0.25) is 0 Å². The Labute approximate surface area is 111 Å². The van der Waals surface area contributed by atoms with E-state index in [0.717, 1.165) is 23.1 Å². The van der Waals surface area contributed by atoms with E-state index in [9.17, 15) is 27.9 Å². The van der Waals surface area contributed by atoms with Gasteiger partial charge in [-0.3, -0.25) is 9.69 Å². The lowest BCUT2D eigenvalue weighted by Crippen LogP contribution is -2.34. The molecule has 1 aromatic carbocycles. The zero-order valence-corrected chi connectivity index (χ0v) is 10.0. The maximum absolute atomic E-state index is 12.6. The lowest BCUT2D eigenvalue weighted by Gasteiger charge is -2.16. The quantitative estimate of drug-likeness (QED) is 0.813. The van der Waals surface area contributed by atoms with Crippen molar-refractivity contribution in [3.8, 4) is 0 Å². The lowest BCUT2D eigenvalue weighted by molar-refractivity contribution is -0.307. The van der Waals surface area contributed by atoms with Crippen LogP contribution in [-0.4, -0.2) is 24.7 Å². The highest BCUT2D eigenvalue weighted by molar-refractivity contribution is 5.99. The molecule has 0 saturated carbocycles. The average Bonchev–Trinajstić information content (AvgIpc) is 2.69. The molecule has 5 nitrogen and oxygen atoms in total. The van der Waals surface area contributed by atoms with Crippen molar-refractivity contribution < 1.29 is 32.6 Å². The van der Waals surface area contributed by atoms with Gasteiger partial charge in [0.25, 0.3) is 5.91 Å². The molecule has 8 heteroatoms. The van der Waals surface area contributed by atoms with Crippen LogP contribution >= 0.6 is 0 Å². The summed E-state index contributed by atoms with van der Waals surface area (Å²) in [5.41, 5.74) is -0.892. The highest BCUT2D eigenvalue weighted by atomic mass is 19.4. The fraction of sp³-hybridized carbons (Fsp3) is 0.333. The van der Waals surface area contributed by atoms with E-state index in [4.69, 9.17) is 4.74 Å². The Kier molecular flexibility index (Phi) is 3.67. The molecule has 1 heterocycles. The molecule has 1 aliphatic rings. The second kappa shape index (κ2) is 5.12. The van der Waals surface area contributed by atoms with Crippen LogP contribution in [0.2, 0.25) is 0 Å². The minimum absolute atomic E-state index is 0.00525. The largest absolute Gasteiger partial charge is 0.550 e. The molecule has 20 heavy (non-hydrogen) atoms. The zero-order chi connectivity index (χ0) is 14.9. The number of benzene rings is 1. The number of ether oxygens (including phenoxy) is 1. The maximum Gasteiger partial charge on any atom is 0.416 e. The Morgan fingerprint density at radius 2 is 2.15 bits per heavy atom. The molecule has 0 spiro atoms. The van der Waals surface area contributed by atoms with Gasteiger partial charge < -0.3 is 14.6 Å². The van der Waals surface area contributed by atoms with Crippen LogP contribution in [0.3, 0.4) is 0 Å². The van der Waals surface area contributed by atoms with Crippen molar-refractivity contribution in [3.63, 3.8) is 0 Å². The van der Waals surface area contributed by atoms with Gasteiger partial charge in [-0.1, -0.05) is 6.07 Å². The summed E-state index contributed by atoms with van der Waals surface area (Å²) in [6, 6.07) is 4.17. The highest BCUT2D eigenvalue weighted by Gasteiger charge is 2.35. The summed E-state index contributed by atoms with van der Waals surface area (Å²) >= 11 is 0. The number of halogens is 3. The van der Waals surface area contributed by atoms with E-state index in [0.29, 0.717) is 0 Å². The van der Waals surface area contributed by atoms with Gasteiger partial charge in [-0.15, -0.1) is 0 Å². The smallest absolute Gasteiger partial charge is 0.416 e. The maximum atomic E-state index is 12.6. The van der Waals surface area contributed by atoms with E-state index >= 15 is 0 Å². The number of carbonyl (C=O) groups is 2. The molecule has 1 saturated heterocycles. The normalized spacial score (nSPS) is 19.4. The summed E-state index contributed by atoms with van der Waals surface area (Å²) in [7, 11) is 0. The third kappa shape index (κ3) is 2.90. The van der Waals surface area contributed by atoms with E-state index in [-0.39, 0.29) is 12.4 Å². The van der Waals surface area contributed by atoms with E-state index in [1.54, 1.807) is 0 Å². The first-order valence-electron chi connectivity index (χ1n) is 5.59. The van der Waals surface area contributed by atoms with Gasteiger partial charge in [0.15, 0.2) is 0 Å². The number of aliphatic carboxylic acids is 1. The standard InChI is InChI=1S/C12H10F3NO4/c13-12(14,15)7-2-1-3-8(4-7)16-6-20-9(11(16)19)5-10(17)18/h1-4,9H,5-6H2,(H,17,18)/p-1. The third-order valence-corrected chi connectivity index (χ3v) is 2.78. The molecule has 1 fully saturated rings. The number of alkyl halides is 3. The number of carboxylic acids is 1. The SMILES string of the molecule is O=C([O-])CC1OCN(c2cccc(C(F)(F)F)c2)C1=O. The summed E-state index contributed by atoms with van der Waals surface area (Å²) in [6.07, 6.45) is -6.38. The Morgan fingerprint density at radius 3 is 2.75 bits per heavy atom. The predicted molar refractivity (Wildman–Crippen MR) is 58.3 cm³/mol. The van der Waals surface area contributed by atoms with Gasteiger partial charge in [-0.05, 0) is 18.2 Å². The molecular weight excluding hydrogens is 279 g/mol. The van der Waals surface area contributed by atoms with Crippen LogP contribution in [0, 0.1) is 0 Å². The zero-order valence-electron chi connectivity index (χ0n) is 10.0. The van der Waals surface area contributed by atoms with Crippen LogP contribution in [0.25, 0.3) is 0 Å². The molecule has 1 aliphatic heterocycles. The summed E-state index contributed by atoms with van der Waals surface area (Å²) in [6.45, 7) is -0.294. The second-order valence-corrected chi connectivity index (χ2v) is 4.17. The number of carbonyl (C=O) groups excluding carboxylic acids is 2. The van der Waals surface area contributed by atoms with E-state index in [1.165, 1.54) is 6.07 Å². The number of carboxylic acid groups (broad SMARTS) is 1. The molecule has 1 amide bonds. The van der Waals surface area contributed by atoms with Gasteiger partial charge in [0, 0.05) is 18.1 Å². The number of hydrogen-bond donors (Lipinski definition) is 0. The molecule has 1 aromatic rings. The van der Waals surface area contributed by atoms with Crippen LogP contribution in [0.5, 0.6) is 0 Å². The van der Waals surface area contributed by atoms with E-state index in [2.05, 4.69) is 0 Å². The number of nitrogens with zero attached hydrogens (tertiary/aromatic N) is 1. The number of amides is 1. The monoisotopic (exact) mass is 288 g/mol. The van der Waals surface area contributed by atoms with Crippen molar-refractivity contribution in [1.82, 2.24) is 0 Å². The van der Waals surface area contributed by atoms with Crippen LogP contribution < -0.4 is 10.0 Å². The molecule has 0 bridgehead atoms. The Balaban J connectivity index is 2.21. The molecule has 108 valence electrons. The van der Waals surface area contributed by atoms with Gasteiger partial charge in [-0.2, -0.15) is 13.2 Å². The van der Waals surface area contributed by atoms with Crippen LogP contribution in [0.4, 0.5) is 18.9 Å². The third-order valence-electron chi connectivity index (χ3n) is 2.78. The lowest BCUT2D eigenvalue weighted by atomic mass is 10.1. The second-order valence-electron chi connectivity index (χ2n) is 4.17. The van der Waals surface area contributed by atoms with Crippen molar-refractivity contribution in [2.45, 2.75) is 18.7 Å². The minimum Gasteiger partial charge on any atom is -0.550 e. The molecular formula is C12H9F3NO4-. The Morgan fingerprint density at radius 1 is 1.45 bits per heavy atom. The van der Waals surface area contributed by atoms with Crippen molar-refractivity contribution >= 4 is 17.6 Å². The fourth-order valence-electron chi connectivity index (χ4n) is 1.82. The number of hydrogen-bond acceptors (Lipinski definition) is 4. The molecule has 0 radical (unpaired) electrons. The summed E-state index contributed by atoms with van der Waals surface area (Å²) in [5, 5.41) is 10.4. The number of rotatable bonds is 3. The summed E-state index contributed by atoms with van der Waals surface area (Å²) in [5.74, 6) is -2.16. The van der Waals surface area contributed by atoms with Crippen molar-refractivity contribution in [2.75, 3.05) is 11.6 Å². The summed E-state index contributed by atoms with van der Waals surface area (Å²) < 4.78 is 42.7. The Hall–Kier alpha value is -2.09. The predicted octanol–water partition coefficient (Wildman–Crippen LogP) is 0.535. The van der Waals surface area contributed by atoms with Gasteiger partial charge >= 0.3 is 6.18 Å². The van der Waals surface area contributed by atoms with Crippen molar-refractivity contribution in [3.05, 3.63) is 29.8 Å². The van der Waals surface area contributed by atoms with Crippen LogP contribution in [0.15, 0.2) is 24.3 Å². The minimum atomic E-state index is -4.52. The van der Waals surface area contributed by atoms with Gasteiger partial charge in [0.1, 0.15) is 12.8 Å².